The van der Waals surface area contributed by atoms with Crippen molar-refractivity contribution in [3.8, 4) is 0 Å². The molecular formula is C25H22FN3OS. The molecule has 2 N–H and O–H groups in total. The van der Waals surface area contributed by atoms with E-state index < -0.39 is 0 Å². The average Bonchev–Trinajstić information content (AvgIpc) is 3.13. The number of aromatic nitrogens is 1. The smallest absolute Gasteiger partial charge is 0.256 e. The fourth-order valence-corrected chi connectivity index (χ4v) is 4.32. The first-order valence-electron chi connectivity index (χ1n) is 9.91. The Kier molecular flexibility index (Phi) is 6.09. The Labute approximate surface area is 184 Å². The van der Waals surface area contributed by atoms with Crippen molar-refractivity contribution in [2.24, 2.45) is 0 Å². The number of carbonyl (C=O) groups is 1. The summed E-state index contributed by atoms with van der Waals surface area (Å²) in [6.45, 7) is 4.00. The number of anilines is 2. The molecule has 2 aromatic heterocycles. The van der Waals surface area contributed by atoms with Crippen molar-refractivity contribution < 1.29 is 9.18 Å². The predicted molar refractivity (Wildman–Crippen MR) is 124 cm³/mol. The molecule has 0 bridgehead atoms. The van der Waals surface area contributed by atoms with Crippen molar-refractivity contribution in [1.82, 2.24) is 4.98 Å². The van der Waals surface area contributed by atoms with Gasteiger partial charge in [0, 0.05) is 22.2 Å². The molecule has 1 amide bonds. The van der Waals surface area contributed by atoms with Gasteiger partial charge in [0.15, 0.2) is 0 Å². The van der Waals surface area contributed by atoms with Crippen LogP contribution in [0, 0.1) is 19.7 Å². The molecule has 156 valence electrons. The number of benzene rings is 2. The van der Waals surface area contributed by atoms with Crippen LogP contribution < -0.4 is 10.6 Å². The van der Waals surface area contributed by atoms with E-state index in [4.69, 9.17) is 0 Å². The number of amides is 1. The lowest BCUT2D eigenvalue weighted by molar-refractivity contribution is 0.102. The number of hydrogen-bond acceptors (Lipinski definition) is 4. The molecule has 4 aromatic rings. The van der Waals surface area contributed by atoms with Crippen LogP contribution in [-0.4, -0.2) is 10.9 Å². The van der Waals surface area contributed by atoms with Crippen molar-refractivity contribution in [2.75, 3.05) is 10.6 Å². The molecule has 31 heavy (non-hydrogen) atoms. The van der Waals surface area contributed by atoms with Gasteiger partial charge in [-0.2, -0.15) is 0 Å². The standard InChI is InChI=1S/C25H22FN3OS/c1-16-12-13-27-22(14-16)28-23(18-8-10-20(26)11-9-18)21-15-17(2)31-25(21)29-24(30)19-6-4-3-5-7-19/h3-15,23H,1-2H3,(H,27,28)(H,29,30)/t23-/m1/s1. The Morgan fingerprint density at radius 1 is 1.00 bits per heavy atom. The fourth-order valence-electron chi connectivity index (χ4n) is 3.37. The van der Waals surface area contributed by atoms with Crippen LogP contribution in [0.4, 0.5) is 15.2 Å². The minimum absolute atomic E-state index is 0.171. The summed E-state index contributed by atoms with van der Waals surface area (Å²) in [4.78, 5) is 18.3. The number of pyridine rings is 1. The lowest BCUT2D eigenvalue weighted by atomic mass is 9.99. The highest BCUT2D eigenvalue weighted by Crippen LogP contribution is 2.37. The van der Waals surface area contributed by atoms with E-state index in [1.807, 2.05) is 50.2 Å². The molecule has 4 rings (SSSR count). The number of rotatable bonds is 6. The maximum atomic E-state index is 13.6. The van der Waals surface area contributed by atoms with Gasteiger partial charge in [0.1, 0.15) is 16.6 Å². The highest BCUT2D eigenvalue weighted by molar-refractivity contribution is 7.16. The van der Waals surface area contributed by atoms with Gasteiger partial charge < -0.3 is 10.6 Å². The summed E-state index contributed by atoms with van der Waals surface area (Å²) >= 11 is 1.51. The molecule has 0 aliphatic rings. The number of aryl methyl sites for hydroxylation is 2. The van der Waals surface area contributed by atoms with E-state index in [0.29, 0.717) is 11.4 Å². The number of nitrogens with zero attached hydrogens (tertiary/aromatic N) is 1. The maximum Gasteiger partial charge on any atom is 0.256 e. The van der Waals surface area contributed by atoms with Crippen LogP contribution in [0.15, 0.2) is 79.0 Å². The summed E-state index contributed by atoms with van der Waals surface area (Å²) in [6, 6.07) is 21.1. The van der Waals surface area contributed by atoms with Crippen LogP contribution in [0.25, 0.3) is 0 Å². The highest BCUT2D eigenvalue weighted by Gasteiger charge is 2.22. The zero-order valence-electron chi connectivity index (χ0n) is 17.2. The topological polar surface area (TPSA) is 54.0 Å². The minimum Gasteiger partial charge on any atom is -0.359 e. The molecule has 0 radical (unpaired) electrons. The minimum atomic E-state index is -0.314. The van der Waals surface area contributed by atoms with Crippen LogP contribution in [0.1, 0.15) is 38.0 Å². The quantitative estimate of drug-likeness (QED) is 0.374. The first-order valence-corrected chi connectivity index (χ1v) is 10.7. The van der Waals surface area contributed by atoms with Crippen molar-refractivity contribution in [1.29, 1.82) is 0 Å². The van der Waals surface area contributed by atoms with Crippen molar-refractivity contribution >= 4 is 28.1 Å². The van der Waals surface area contributed by atoms with Crippen LogP contribution in [0.2, 0.25) is 0 Å². The molecule has 0 spiro atoms. The number of hydrogen-bond donors (Lipinski definition) is 2. The van der Waals surface area contributed by atoms with Gasteiger partial charge in [-0.1, -0.05) is 30.3 Å². The van der Waals surface area contributed by atoms with Gasteiger partial charge in [-0.05, 0) is 67.4 Å². The molecular weight excluding hydrogens is 409 g/mol. The molecule has 1 atom stereocenters. The third kappa shape index (κ3) is 4.98. The third-order valence-corrected chi connectivity index (χ3v) is 5.85. The number of thiophene rings is 1. The molecule has 2 aromatic carbocycles. The SMILES string of the molecule is Cc1ccnc(N[C@H](c2ccc(F)cc2)c2cc(C)sc2NC(=O)c2ccccc2)c1. The van der Waals surface area contributed by atoms with E-state index in [-0.39, 0.29) is 17.8 Å². The average molecular weight is 432 g/mol. The summed E-state index contributed by atoms with van der Waals surface area (Å²) in [5.41, 5.74) is 3.44. The third-order valence-electron chi connectivity index (χ3n) is 4.87. The van der Waals surface area contributed by atoms with Gasteiger partial charge in [-0.25, -0.2) is 9.37 Å². The molecule has 0 aliphatic heterocycles. The van der Waals surface area contributed by atoms with E-state index in [9.17, 15) is 9.18 Å². The Hall–Kier alpha value is -3.51. The van der Waals surface area contributed by atoms with Gasteiger partial charge >= 0.3 is 0 Å². The van der Waals surface area contributed by atoms with E-state index in [1.54, 1.807) is 30.5 Å². The molecule has 4 nitrogen and oxygen atoms in total. The van der Waals surface area contributed by atoms with Crippen LogP contribution >= 0.6 is 11.3 Å². The van der Waals surface area contributed by atoms with Crippen LogP contribution in [-0.2, 0) is 0 Å². The monoisotopic (exact) mass is 431 g/mol. The van der Waals surface area contributed by atoms with Gasteiger partial charge in [0.2, 0.25) is 0 Å². The van der Waals surface area contributed by atoms with E-state index in [2.05, 4.69) is 15.6 Å². The second kappa shape index (κ2) is 9.10. The maximum absolute atomic E-state index is 13.6. The zero-order chi connectivity index (χ0) is 21.8. The normalized spacial score (nSPS) is 11.7. The second-order valence-corrected chi connectivity index (χ2v) is 8.57. The van der Waals surface area contributed by atoms with Crippen molar-refractivity contribution in [2.45, 2.75) is 19.9 Å². The van der Waals surface area contributed by atoms with Crippen LogP contribution in [0.5, 0.6) is 0 Å². The van der Waals surface area contributed by atoms with Gasteiger partial charge in [-0.15, -0.1) is 11.3 Å². The molecule has 0 aliphatic carbocycles. The number of carbonyl (C=O) groups excluding carboxylic acids is 1. The summed E-state index contributed by atoms with van der Waals surface area (Å²) in [5.74, 6) is 0.240. The predicted octanol–water partition coefficient (Wildman–Crippen LogP) is 6.35. The Morgan fingerprint density at radius 2 is 1.74 bits per heavy atom. The van der Waals surface area contributed by atoms with E-state index >= 15 is 0 Å². The van der Waals surface area contributed by atoms with Gasteiger partial charge in [0.25, 0.3) is 5.91 Å². The molecule has 0 saturated heterocycles. The first-order chi connectivity index (χ1) is 15.0. The zero-order valence-corrected chi connectivity index (χ0v) is 18.0. The Bertz CT molecular complexity index is 1190. The second-order valence-electron chi connectivity index (χ2n) is 7.31. The first kappa shape index (κ1) is 20.8. The van der Waals surface area contributed by atoms with Crippen LogP contribution in [0.3, 0.4) is 0 Å². The molecule has 6 heteroatoms. The lowest BCUT2D eigenvalue weighted by Crippen LogP contribution is -2.17. The summed E-state index contributed by atoms with van der Waals surface area (Å²) in [7, 11) is 0. The van der Waals surface area contributed by atoms with Gasteiger partial charge in [0.05, 0.1) is 6.04 Å². The summed E-state index contributed by atoms with van der Waals surface area (Å²) in [5, 5.41) is 7.26. The Balaban J connectivity index is 1.72. The fraction of sp³-hybridized carbons (Fsp3) is 0.120. The number of halogens is 1. The van der Waals surface area contributed by atoms with Crippen molar-refractivity contribution in [3.63, 3.8) is 0 Å². The number of nitrogens with one attached hydrogen (secondary N) is 2. The molecule has 2 heterocycles. The molecule has 0 unspecified atom stereocenters. The lowest BCUT2D eigenvalue weighted by Gasteiger charge is -2.21. The Morgan fingerprint density at radius 3 is 2.45 bits per heavy atom. The molecule has 0 saturated carbocycles. The van der Waals surface area contributed by atoms with Crippen molar-refractivity contribution in [3.05, 3.63) is 112 Å². The summed E-state index contributed by atoms with van der Waals surface area (Å²) in [6.07, 6.45) is 1.75. The van der Waals surface area contributed by atoms with E-state index in [0.717, 1.165) is 26.6 Å². The molecule has 0 fully saturated rings. The highest BCUT2D eigenvalue weighted by atomic mass is 32.1. The van der Waals surface area contributed by atoms with Gasteiger partial charge in [-0.3, -0.25) is 4.79 Å². The summed E-state index contributed by atoms with van der Waals surface area (Å²) < 4.78 is 13.6. The van der Waals surface area contributed by atoms with E-state index in [1.165, 1.54) is 23.5 Å². The largest absolute Gasteiger partial charge is 0.359 e.